The molecular weight excluding hydrogens is 376 g/mol. The summed E-state index contributed by atoms with van der Waals surface area (Å²) in [6, 6.07) is 5.57. The minimum Gasteiger partial charge on any atom is -0.440 e. The lowest BCUT2D eigenvalue weighted by Gasteiger charge is -2.29. The van der Waals surface area contributed by atoms with E-state index < -0.39 is 9.84 Å². The predicted molar refractivity (Wildman–Crippen MR) is 98.9 cm³/mol. The molecule has 0 bridgehead atoms. The van der Waals surface area contributed by atoms with Crippen molar-refractivity contribution in [2.24, 2.45) is 5.92 Å². The van der Waals surface area contributed by atoms with Crippen molar-refractivity contribution in [2.45, 2.75) is 44.1 Å². The molecule has 1 aromatic carbocycles. The van der Waals surface area contributed by atoms with Gasteiger partial charge in [-0.1, -0.05) is 11.6 Å². The highest BCUT2D eigenvalue weighted by Gasteiger charge is 2.35. The number of carbonyl (C=O) groups excluding carboxylic acids is 1. The van der Waals surface area contributed by atoms with Crippen LogP contribution in [-0.2, 0) is 14.6 Å². The van der Waals surface area contributed by atoms with Gasteiger partial charge in [-0.15, -0.1) is 0 Å². The van der Waals surface area contributed by atoms with Crippen molar-refractivity contribution in [2.75, 3.05) is 11.5 Å². The second-order valence-corrected chi connectivity index (χ2v) is 10.0. The maximum atomic E-state index is 12.1. The summed E-state index contributed by atoms with van der Waals surface area (Å²) < 4.78 is 28.2. The van der Waals surface area contributed by atoms with Crippen LogP contribution in [0.3, 0.4) is 0 Å². The van der Waals surface area contributed by atoms with Crippen LogP contribution in [0, 0.1) is 5.92 Å². The smallest absolute Gasteiger partial charge is 0.220 e. The van der Waals surface area contributed by atoms with E-state index in [2.05, 4.69) is 10.3 Å². The van der Waals surface area contributed by atoms with Crippen LogP contribution in [-0.4, -0.2) is 36.9 Å². The van der Waals surface area contributed by atoms with Crippen LogP contribution in [0.15, 0.2) is 22.6 Å². The Kier molecular flexibility index (Phi) is 4.69. The summed E-state index contributed by atoms with van der Waals surface area (Å²) in [6.45, 7) is 0. The van der Waals surface area contributed by atoms with Crippen LogP contribution < -0.4 is 5.32 Å². The number of nitrogens with one attached hydrogen (secondary N) is 1. The van der Waals surface area contributed by atoms with Crippen molar-refractivity contribution in [3.63, 3.8) is 0 Å². The lowest BCUT2D eigenvalue weighted by Crippen LogP contribution is -2.43. The molecule has 4 rings (SSSR count). The predicted octanol–water partition coefficient (Wildman–Crippen LogP) is 3.06. The Morgan fingerprint density at radius 3 is 2.65 bits per heavy atom. The number of sulfone groups is 1. The van der Waals surface area contributed by atoms with Crippen LogP contribution in [0.1, 0.15) is 43.9 Å². The Hall–Kier alpha value is -1.60. The molecule has 0 radical (unpaired) electrons. The molecule has 1 aliphatic heterocycles. The number of fused-ring (bicyclic) bond motifs is 1. The fourth-order valence-electron chi connectivity index (χ4n) is 3.91. The minimum absolute atomic E-state index is 0.0112. The van der Waals surface area contributed by atoms with Crippen molar-refractivity contribution in [1.82, 2.24) is 10.3 Å². The highest BCUT2D eigenvalue weighted by Crippen LogP contribution is 2.34. The molecule has 26 heavy (non-hydrogen) atoms. The normalized spacial score (nSPS) is 25.7. The number of halogens is 1. The highest BCUT2D eigenvalue weighted by atomic mass is 35.5. The Morgan fingerprint density at radius 2 is 1.96 bits per heavy atom. The molecule has 1 aliphatic carbocycles. The lowest BCUT2D eigenvalue weighted by atomic mass is 9.86. The molecule has 2 fully saturated rings. The quantitative estimate of drug-likeness (QED) is 0.857. The van der Waals surface area contributed by atoms with Gasteiger partial charge in [-0.2, -0.15) is 0 Å². The molecule has 1 saturated heterocycles. The van der Waals surface area contributed by atoms with Gasteiger partial charge in [0.05, 0.1) is 11.5 Å². The van der Waals surface area contributed by atoms with E-state index in [-0.39, 0.29) is 35.3 Å². The van der Waals surface area contributed by atoms with Crippen LogP contribution in [0.2, 0.25) is 5.02 Å². The molecule has 0 atom stereocenters. The first-order valence-electron chi connectivity index (χ1n) is 8.94. The SMILES string of the molecule is O=C(CC1CS(=O)(=O)C1)NC1CCC(c2nc3cc(Cl)ccc3o2)CC1. The molecule has 1 amide bonds. The maximum absolute atomic E-state index is 12.1. The first-order valence-corrected chi connectivity index (χ1v) is 11.1. The summed E-state index contributed by atoms with van der Waals surface area (Å²) in [7, 11) is -2.87. The van der Waals surface area contributed by atoms with E-state index in [4.69, 9.17) is 16.0 Å². The largest absolute Gasteiger partial charge is 0.440 e. The van der Waals surface area contributed by atoms with Crippen LogP contribution >= 0.6 is 11.6 Å². The minimum atomic E-state index is -2.87. The zero-order chi connectivity index (χ0) is 18.3. The molecule has 1 saturated carbocycles. The monoisotopic (exact) mass is 396 g/mol. The number of benzene rings is 1. The summed E-state index contributed by atoms with van der Waals surface area (Å²) in [5.41, 5.74) is 1.52. The van der Waals surface area contributed by atoms with Gasteiger partial charge in [0.2, 0.25) is 5.91 Å². The average Bonchev–Trinajstić information content (AvgIpc) is 2.96. The van der Waals surface area contributed by atoms with E-state index in [1.165, 1.54) is 0 Å². The second-order valence-electron chi connectivity index (χ2n) is 7.43. The Morgan fingerprint density at radius 1 is 1.23 bits per heavy atom. The number of hydrogen-bond acceptors (Lipinski definition) is 5. The fraction of sp³-hybridized carbons (Fsp3) is 0.556. The third-order valence-corrected chi connectivity index (χ3v) is 7.45. The molecule has 8 heteroatoms. The lowest BCUT2D eigenvalue weighted by molar-refractivity contribution is -0.122. The number of rotatable bonds is 4. The van der Waals surface area contributed by atoms with E-state index in [1.54, 1.807) is 12.1 Å². The number of oxazole rings is 1. The first kappa shape index (κ1) is 17.8. The molecular formula is C18H21ClN2O4S. The second kappa shape index (κ2) is 6.85. The molecule has 140 valence electrons. The molecule has 1 N–H and O–H groups in total. The van der Waals surface area contributed by atoms with Crippen LogP contribution in [0.5, 0.6) is 0 Å². The average molecular weight is 397 g/mol. The van der Waals surface area contributed by atoms with Crippen LogP contribution in [0.25, 0.3) is 11.1 Å². The van der Waals surface area contributed by atoms with Gasteiger partial charge < -0.3 is 9.73 Å². The van der Waals surface area contributed by atoms with Gasteiger partial charge in [-0.3, -0.25) is 4.79 Å². The number of nitrogens with zero attached hydrogens (tertiary/aromatic N) is 1. The van der Waals surface area contributed by atoms with E-state index in [1.807, 2.05) is 6.07 Å². The van der Waals surface area contributed by atoms with Gasteiger partial charge in [0.25, 0.3) is 0 Å². The first-order chi connectivity index (χ1) is 12.4. The Bertz CT molecular complexity index is 920. The van der Waals surface area contributed by atoms with Crippen LogP contribution in [0.4, 0.5) is 0 Å². The summed E-state index contributed by atoms with van der Waals surface area (Å²) >= 11 is 5.99. The van der Waals surface area contributed by atoms with Crippen molar-refractivity contribution in [3.05, 3.63) is 29.1 Å². The van der Waals surface area contributed by atoms with Gasteiger partial charge in [-0.05, 0) is 49.8 Å². The Balaban J connectivity index is 1.28. The van der Waals surface area contributed by atoms with Gasteiger partial charge in [0.1, 0.15) is 5.52 Å². The van der Waals surface area contributed by atoms with Gasteiger partial charge in [0.15, 0.2) is 21.3 Å². The van der Waals surface area contributed by atoms with E-state index in [0.717, 1.165) is 42.7 Å². The van der Waals surface area contributed by atoms with Gasteiger partial charge >= 0.3 is 0 Å². The maximum Gasteiger partial charge on any atom is 0.220 e. The zero-order valence-corrected chi connectivity index (χ0v) is 15.9. The van der Waals surface area contributed by atoms with E-state index in [0.29, 0.717) is 11.4 Å². The fourth-order valence-corrected chi connectivity index (χ4v) is 5.65. The number of amides is 1. The molecule has 0 spiro atoms. The summed E-state index contributed by atoms with van der Waals surface area (Å²) in [6.07, 6.45) is 3.87. The van der Waals surface area contributed by atoms with Crippen molar-refractivity contribution < 1.29 is 17.6 Å². The summed E-state index contributed by atoms with van der Waals surface area (Å²) in [5, 5.41) is 3.69. The molecule has 1 aromatic heterocycles. The summed E-state index contributed by atoms with van der Waals surface area (Å²) in [5.74, 6) is 1.25. The van der Waals surface area contributed by atoms with Crippen molar-refractivity contribution >= 4 is 38.4 Å². The molecule has 0 unspecified atom stereocenters. The third kappa shape index (κ3) is 3.88. The Labute approximate surface area is 157 Å². The number of carbonyl (C=O) groups is 1. The highest BCUT2D eigenvalue weighted by molar-refractivity contribution is 7.92. The molecule has 2 aromatic rings. The number of aromatic nitrogens is 1. The standard InChI is InChI=1S/C18H21ClN2O4S/c19-13-3-6-16-15(8-13)21-18(25-16)12-1-4-14(5-2-12)20-17(22)7-11-9-26(23,24)10-11/h3,6,8,11-12,14H,1-2,4-5,7,9-10H2,(H,20,22). The van der Waals surface area contributed by atoms with Crippen molar-refractivity contribution in [3.8, 4) is 0 Å². The van der Waals surface area contributed by atoms with Gasteiger partial charge in [0, 0.05) is 23.4 Å². The third-order valence-electron chi connectivity index (χ3n) is 5.26. The molecule has 2 heterocycles. The zero-order valence-electron chi connectivity index (χ0n) is 14.3. The molecule has 6 nitrogen and oxygen atoms in total. The van der Waals surface area contributed by atoms with E-state index >= 15 is 0 Å². The van der Waals surface area contributed by atoms with E-state index in [9.17, 15) is 13.2 Å². The summed E-state index contributed by atoms with van der Waals surface area (Å²) in [4.78, 5) is 16.6. The van der Waals surface area contributed by atoms with Gasteiger partial charge in [-0.25, -0.2) is 13.4 Å². The number of hydrogen-bond donors (Lipinski definition) is 1. The molecule has 2 aliphatic rings. The van der Waals surface area contributed by atoms with Crippen molar-refractivity contribution in [1.29, 1.82) is 0 Å². The topological polar surface area (TPSA) is 89.3 Å².